The number of imide groups is 1. The highest BCUT2D eigenvalue weighted by molar-refractivity contribution is 6.09. The molecule has 1 aliphatic heterocycles. The minimum absolute atomic E-state index is 0.0160. The van der Waals surface area contributed by atoms with Gasteiger partial charge in [-0.25, -0.2) is 4.79 Å². The molecular weight excluding hydrogens is 387 g/mol. The molecule has 0 unspecified atom stereocenters. The van der Waals surface area contributed by atoms with E-state index in [2.05, 4.69) is 5.32 Å². The molecule has 1 aliphatic carbocycles. The molecule has 6 nitrogen and oxygen atoms in total. The maximum absolute atomic E-state index is 13.0. The summed E-state index contributed by atoms with van der Waals surface area (Å²) in [4.78, 5) is 39.5. The molecule has 0 bridgehead atoms. The van der Waals surface area contributed by atoms with Gasteiger partial charge in [-0.15, -0.1) is 0 Å². The van der Waals surface area contributed by atoms with Gasteiger partial charge in [0.15, 0.2) is 0 Å². The molecule has 0 spiro atoms. The van der Waals surface area contributed by atoms with E-state index in [-0.39, 0.29) is 5.92 Å². The fraction of sp³-hybridized carbons (Fsp3) is 0.550. The van der Waals surface area contributed by atoms with E-state index in [1.807, 2.05) is 6.92 Å². The maximum Gasteiger partial charge on any atom is 0.406 e. The van der Waals surface area contributed by atoms with E-state index < -0.39 is 48.7 Å². The summed E-state index contributed by atoms with van der Waals surface area (Å²) in [5.41, 5.74) is 0.134. The van der Waals surface area contributed by atoms with Crippen LogP contribution in [0.5, 0.6) is 0 Å². The Bertz CT molecular complexity index is 821. The lowest BCUT2D eigenvalue weighted by molar-refractivity contribution is -0.166. The third-order valence-electron chi connectivity index (χ3n) is 5.66. The van der Waals surface area contributed by atoms with E-state index in [4.69, 9.17) is 0 Å². The molecule has 1 saturated carbocycles. The molecule has 0 aromatic heterocycles. The number of nitrogens with one attached hydrogen (secondary N) is 1. The Morgan fingerprint density at radius 1 is 1.28 bits per heavy atom. The first-order chi connectivity index (χ1) is 13.4. The van der Waals surface area contributed by atoms with Crippen LogP contribution in [0.3, 0.4) is 0 Å². The molecule has 1 aromatic carbocycles. The van der Waals surface area contributed by atoms with Crippen LogP contribution in [-0.2, 0) is 15.1 Å². The molecule has 2 aliphatic rings. The van der Waals surface area contributed by atoms with Gasteiger partial charge in [0.05, 0.1) is 0 Å². The summed E-state index contributed by atoms with van der Waals surface area (Å²) in [5, 5.41) is 2.57. The van der Waals surface area contributed by atoms with Gasteiger partial charge in [-0.2, -0.15) is 13.2 Å². The molecular formula is C20H24F3N3O3. The summed E-state index contributed by atoms with van der Waals surface area (Å²) in [6.45, 7) is 2.84. The number of rotatable bonds is 6. The number of halogens is 3. The monoisotopic (exact) mass is 411 g/mol. The second-order valence-electron chi connectivity index (χ2n) is 8.03. The van der Waals surface area contributed by atoms with Crippen molar-refractivity contribution in [2.75, 3.05) is 13.1 Å². The van der Waals surface area contributed by atoms with E-state index in [1.165, 1.54) is 6.92 Å². The average Bonchev–Trinajstić information content (AvgIpc) is 3.44. The lowest BCUT2D eigenvalue weighted by Crippen LogP contribution is -2.50. The standard InChI is InChI=1S/C20H24F3N3O3/c1-12-4-8-15(9-5-12)19(3)17(28)25(18(29)24-19)10-16(27)26(11-20(21,22)23)13(2)14-6-7-14/h4-5,8-9,13-14H,6-7,10-11H2,1-3H3,(H,24,29)/t13-,19-/m1/s1. The molecule has 1 heterocycles. The fourth-order valence-electron chi connectivity index (χ4n) is 3.63. The van der Waals surface area contributed by atoms with Gasteiger partial charge in [-0.3, -0.25) is 14.5 Å². The zero-order chi connectivity index (χ0) is 21.6. The van der Waals surface area contributed by atoms with Crippen molar-refractivity contribution in [2.45, 2.75) is 51.4 Å². The van der Waals surface area contributed by atoms with Crippen molar-refractivity contribution in [1.82, 2.24) is 15.1 Å². The number of amides is 4. The molecule has 9 heteroatoms. The van der Waals surface area contributed by atoms with Crippen LogP contribution in [0.2, 0.25) is 0 Å². The van der Waals surface area contributed by atoms with Gasteiger partial charge in [0.25, 0.3) is 5.91 Å². The smallest absolute Gasteiger partial charge is 0.329 e. The normalized spacial score (nSPS) is 23.2. The maximum atomic E-state index is 13.0. The highest BCUT2D eigenvalue weighted by Gasteiger charge is 2.50. The Morgan fingerprint density at radius 3 is 2.38 bits per heavy atom. The van der Waals surface area contributed by atoms with Gasteiger partial charge in [0.2, 0.25) is 5.91 Å². The SMILES string of the molecule is Cc1ccc([C@@]2(C)NC(=O)N(CC(=O)N(CC(F)(F)F)[C@H](C)C3CC3)C2=O)cc1. The van der Waals surface area contributed by atoms with Gasteiger partial charge >= 0.3 is 12.2 Å². The van der Waals surface area contributed by atoms with Gasteiger partial charge < -0.3 is 10.2 Å². The lowest BCUT2D eigenvalue weighted by atomic mass is 9.91. The van der Waals surface area contributed by atoms with E-state index in [1.54, 1.807) is 31.2 Å². The molecule has 0 radical (unpaired) electrons. The quantitative estimate of drug-likeness (QED) is 0.732. The van der Waals surface area contributed by atoms with Gasteiger partial charge in [0, 0.05) is 6.04 Å². The number of carbonyl (C=O) groups is 3. The molecule has 29 heavy (non-hydrogen) atoms. The summed E-state index contributed by atoms with van der Waals surface area (Å²) in [6, 6.07) is 5.58. The summed E-state index contributed by atoms with van der Waals surface area (Å²) < 4.78 is 39.0. The second kappa shape index (κ2) is 7.35. The van der Waals surface area contributed by atoms with Crippen LogP contribution in [0.25, 0.3) is 0 Å². The van der Waals surface area contributed by atoms with Crippen molar-refractivity contribution >= 4 is 17.8 Å². The molecule has 2 atom stereocenters. The first kappa shape index (κ1) is 21.1. The Labute approximate surface area is 167 Å². The Kier molecular flexibility index (Phi) is 5.36. The van der Waals surface area contributed by atoms with Crippen molar-refractivity contribution in [3.8, 4) is 0 Å². The summed E-state index contributed by atoms with van der Waals surface area (Å²) in [5.74, 6) is -1.54. The van der Waals surface area contributed by atoms with Crippen LogP contribution in [0.15, 0.2) is 24.3 Å². The number of urea groups is 1. The number of hydrogen-bond acceptors (Lipinski definition) is 3. The number of carbonyl (C=O) groups excluding carboxylic acids is 3. The molecule has 1 N–H and O–H groups in total. The van der Waals surface area contributed by atoms with Crippen LogP contribution in [-0.4, -0.2) is 53.0 Å². The summed E-state index contributed by atoms with van der Waals surface area (Å²) >= 11 is 0. The minimum atomic E-state index is -4.56. The third kappa shape index (κ3) is 4.38. The van der Waals surface area contributed by atoms with Crippen molar-refractivity contribution in [1.29, 1.82) is 0 Å². The molecule has 1 saturated heterocycles. The number of hydrogen-bond donors (Lipinski definition) is 1. The van der Waals surface area contributed by atoms with Gasteiger partial charge in [0.1, 0.15) is 18.6 Å². The Hall–Kier alpha value is -2.58. The Balaban J connectivity index is 1.78. The summed E-state index contributed by atoms with van der Waals surface area (Å²) in [6.07, 6.45) is -3.04. The van der Waals surface area contributed by atoms with Crippen LogP contribution in [0, 0.1) is 12.8 Å². The van der Waals surface area contributed by atoms with Crippen LogP contribution < -0.4 is 5.32 Å². The van der Waals surface area contributed by atoms with Crippen molar-refractivity contribution in [3.05, 3.63) is 35.4 Å². The van der Waals surface area contributed by atoms with E-state index in [0.29, 0.717) is 10.5 Å². The first-order valence-electron chi connectivity index (χ1n) is 9.50. The molecule has 3 rings (SSSR count). The second-order valence-corrected chi connectivity index (χ2v) is 8.03. The largest absolute Gasteiger partial charge is 0.406 e. The van der Waals surface area contributed by atoms with E-state index >= 15 is 0 Å². The molecule has 2 fully saturated rings. The number of nitrogens with zero attached hydrogens (tertiary/aromatic N) is 2. The highest BCUT2D eigenvalue weighted by atomic mass is 19.4. The number of aryl methyl sites for hydroxylation is 1. The fourth-order valence-corrected chi connectivity index (χ4v) is 3.63. The van der Waals surface area contributed by atoms with Crippen LogP contribution in [0.4, 0.5) is 18.0 Å². The zero-order valence-electron chi connectivity index (χ0n) is 16.5. The third-order valence-corrected chi connectivity index (χ3v) is 5.66. The van der Waals surface area contributed by atoms with Crippen molar-refractivity contribution < 1.29 is 27.6 Å². The average molecular weight is 411 g/mol. The predicted octanol–water partition coefficient (Wildman–Crippen LogP) is 2.95. The molecule has 1 aromatic rings. The van der Waals surface area contributed by atoms with Crippen molar-refractivity contribution in [2.24, 2.45) is 5.92 Å². The summed E-state index contributed by atoms with van der Waals surface area (Å²) in [7, 11) is 0. The first-order valence-corrected chi connectivity index (χ1v) is 9.50. The van der Waals surface area contributed by atoms with E-state index in [9.17, 15) is 27.6 Å². The van der Waals surface area contributed by atoms with Crippen LogP contribution in [0.1, 0.15) is 37.8 Å². The predicted molar refractivity (Wildman–Crippen MR) is 98.7 cm³/mol. The molecule has 4 amide bonds. The Morgan fingerprint density at radius 2 is 1.86 bits per heavy atom. The minimum Gasteiger partial charge on any atom is -0.329 e. The molecule has 158 valence electrons. The number of alkyl halides is 3. The van der Waals surface area contributed by atoms with Crippen molar-refractivity contribution in [3.63, 3.8) is 0 Å². The van der Waals surface area contributed by atoms with Gasteiger partial charge in [-0.05, 0) is 45.1 Å². The number of benzene rings is 1. The highest BCUT2D eigenvalue weighted by Crippen LogP contribution is 2.36. The lowest BCUT2D eigenvalue weighted by Gasteiger charge is -2.31. The van der Waals surface area contributed by atoms with Gasteiger partial charge in [-0.1, -0.05) is 29.8 Å². The van der Waals surface area contributed by atoms with Crippen LogP contribution >= 0.6 is 0 Å². The topological polar surface area (TPSA) is 69.7 Å². The van der Waals surface area contributed by atoms with E-state index in [0.717, 1.165) is 23.3 Å². The zero-order valence-corrected chi connectivity index (χ0v) is 16.5.